The first-order chi connectivity index (χ1) is 20.9. The Morgan fingerprint density at radius 1 is 1.16 bits per heavy atom. The minimum atomic E-state index is -4.77. The van der Waals surface area contributed by atoms with Gasteiger partial charge in [-0.25, -0.2) is 37.5 Å². The van der Waals surface area contributed by atoms with Crippen molar-refractivity contribution < 1.29 is 45.1 Å². The van der Waals surface area contributed by atoms with Crippen molar-refractivity contribution in [1.29, 1.82) is 0 Å². The van der Waals surface area contributed by atoms with Crippen LogP contribution in [0.4, 0.5) is 36.8 Å². The maximum absolute atomic E-state index is 15.7. The zero-order valence-electron chi connectivity index (χ0n) is 23.6. The number of nitrogens with one attached hydrogen (secondary N) is 2. The Hall–Kier alpha value is -5.16. The highest BCUT2D eigenvalue weighted by atomic mass is 19.4. The van der Waals surface area contributed by atoms with Crippen LogP contribution in [0.15, 0.2) is 51.9 Å². The molecular formula is C27H23F6N7O5. The number of carbonyl (C=O) groups is 2. The smallest absolute Gasteiger partial charge is 0.444 e. The van der Waals surface area contributed by atoms with Gasteiger partial charge in [-0.05, 0) is 50.6 Å². The second-order valence-corrected chi connectivity index (χ2v) is 11.0. The molecule has 0 bridgehead atoms. The summed E-state index contributed by atoms with van der Waals surface area (Å²) < 4.78 is 96.1. The number of alkyl carbamates (subject to hydrolysis) is 1. The summed E-state index contributed by atoms with van der Waals surface area (Å²) in [6, 6.07) is 5.02. The molecular weight excluding hydrogens is 616 g/mol. The molecule has 0 fully saturated rings. The lowest BCUT2D eigenvalue weighted by molar-refractivity contribution is -0.144. The van der Waals surface area contributed by atoms with E-state index in [2.05, 4.69) is 20.5 Å². The Balaban J connectivity index is 1.55. The van der Waals surface area contributed by atoms with Crippen molar-refractivity contribution in [1.82, 2.24) is 30.3 Å². The number of carbonyl (C=O) groups excluding carboxylic acids is 2. The van der Waals surface area contributed by atoms with Crippen LogP contribution in [0.2, 0.25) is 0 Å². The number of amides is 2. The molecule has 238 valence electrons. The van der Waals surface area contributed by atoms with Gasteiger partial charge in [-0.3, -0.25) is 4.79 Å². The van der Waals surface area contributed by atoms with Crippen LogP contribution in [0.5, 0.6) is 0 Å². The van der Waals surface area contributed by atoms with Gasteiger partial charge in [-0.15, -0.1) is 10.2 Å². The monoisotopic (exact) mass is 639 g/mol. The third-order valence-corrected chi connectivity index (χ3v) is 6.44. The van der Waals surface area contributed by atoms with Gasteiger partial charge in [0.2, 0.25) is 5.91 Å². The zero-order chi connectivity index (χ0) is 32.9. The van der Waals surface area contributed by atoms with Crippen molar-refractivity contribution in [3.63, 3.8) is 0 Å². The normalized spacial score (nSPS) is 16.7. The van der Waals surface area contributed by atoms with E-state index in [9.17, 15) is 27.6 Å². The molecule has 0 radical (unpaired) electrons. The summed E-state index contributed by atoms with van der Waals surface area (Å²) in [6.07, 6.45) is -6.32. The van der Waals surface area contributed by atoms with Gasteiger partial charge in [-0.1, -0.05) is 12.1 Å². The molecule has 0 saturated heterocycles. The number of rotatable bonds is 5. The minimum absolute atomic E-state index is 0.165. The van der Waals surface area contributed by atoms with Crippen LogP contribution in [0, 0.1) is 5.82 Å². The Morgan fingerprint density at radius 2 is 1.84 bits per heavy atom. The van der Waals surface area contributed by atoms with E-state index in [-0.39, 0.29) is 5.69 Å². The average Bonchev–Trinajstić information content (AvgIpc) is 3.58. The predicted octanol–water partition coefficient (Wildman–Crippen LogP) is 4.69. The molecule has 1 aliphatic heterocycles. The maximum atomic E-state index is 15.7. The third kappa shape index (κ3) is 6.68. The molecule has 1 atom stereocenters. The van der Waals surface area contributed by atoms with E-state index in [4.69, 9.17) is 9.15 Å². The number of ether oxygens (including phenoxy) is 1. The molecule has 5 rings (SSSR count). The molecule has 1 aliphatic rings. The highest BCUT2D eigenvalue weighted by Gasteiger charge is 2.47. The first kappa shape index (κ1) is 31.3. The average molecular weight is 640 g/mol. The number of H-pyrrole nitrogens is 1. The minimum Gasteiger partial charge on any atom is -0.444 e. The Labute approximate surface area is 249 Å². The van der Waals surface area contributed by atoms with Crippen molar-refractivity contribution in [3.8, 4) is 17.1 Å². The summed E-state index contributed by atoms with van der Waals surface area (Å²) >= 11 is 0. The first-order valence-corrected chi connectivity index (χ1v) is 13.1. The lowest BCUT2D eigenvalue weighted by Crippen LogP contribution is -2.49. The standard InChI is InChI=1S/C27H23F6N7O5/c1-25(2,3)45-23(42)35-18-10-26(29,30)16-9-17(28)15(20-36-37-24(43)44-20)8-19(16)39(21(18)41)11-13-4-6-14(7-5-13)40-12-34-22(38-40)27(31,32)33/h4-9,12,18H,10-11H2,1-3H3,(H,35,42)(H,37,43). The molecule has 18 heteroatoms. The summed E-state index contributed by atoms with van der Waals surface area (Å²) in [5, 5.41) is 11.0. The largest absolute Gasteiger partial charge is 0.453 e. The summed E-state index contributed by atoms with van der Waals surface area (Å²) in [6.45, 7) is 4.17. The molecule has 2 aromatic carbocycles. The second kappa shape index (κ2) is 11.1. The van der Waals surface area contributed by atoms with E-state index in [1.54, 1.807) is 0 Å². The van der Waals surface area contributed by atoms with Gasteiger partial charge in [0.25, 0.3) is 17.6 Å². The van der Waals surface area contributed by atoms with Crippen molar-refractivity contribution in [2.24, 2.45) is 0 Å². The number of nitrogens with zero attached hydrogens (tertiary/aromatic N) is 5. The van der Waals surface area contributed by atoms with Crippen LogP contribution < -0.4 is 16.0 Å². The van der Waals surface area contributed by atoms with Gasteiger partial charge in [-0.2, -0.15) is 13.2 Å². The SMILES string of the molecule is CC(C)(C)OC(=O)NC1CC(F)(F)c2cc(F)c(-c3n[nH]c(=O)o3)cc2N(Cc2ccc(-n3cnc(C(F)(F)F)n3)cc2)C1=O. The topological polar surface area (TPSA) is 148 Å². The molecule has 2 aromatic heterocycles. The number of alkyl halides is 5. The second-order valence-electron chi connectivity index (χ2n) is 11.0. The van der Waals surface area contributed by atoms with Gasteiger partial charge in [0.05, 0.1) is 23.5 Å². The first-order valence-electron chi connectivity index (χ1n) is 13.1. The van der Waals surface area contributed by atoms with Crippen LogP contribution in [0.25, 0.3) is 17.1 Å². The molecule has 2 N–H and O–H groups in total. The number of hydrogen-bond acceptors (Lipinski definition) is 8. The fourth-order valence-corrected chi connectivity index (χ4v) is 4.53. The Kier molecular flexibility index (Phi) is 7.70. The number of anilines is 1. The maximum Gasteiger partial charge on any atom is 0.453 e. The van der Waals surface area contributed by atoms with Crippen LogP contribution in [-0.2, 0) is 28.2 Å². The van der Waals surface area contributed by atoms with E-state index in [0.717, 1.165) is 22.0 Å². The lowest BCUT2D eigenvalue weighted by atomic mass is 9.99. The number of fused-ring (bicyclic) bond motifs is 1. The molecule has 12 nitrogen and oxygen atoms in total. The highest BCUT2D eigenvalue weighted by Crippen LogP contribution is 2.45. The number of aromatic nitrogens is 5. The molecule has 0 aliphatic carbocycles. The van der Waals surface area contributed by atoms with Gasteiger partial charge in [0.15, 0.2) is 0 Å². The number of halogens is 6. The molecule has 4 aromatic rings. The van der Waals surface area contributed by atoms with E-state index in [0.29, 0.717) is 11.6 Å². The van der Waals surface area contributed by atoms with Crippen molar-refractivity contribution in [2.75, 3.05) is 4.90 Å². The summed E-state index contributed by atoms with van der Waals surface area (Å²) in [4.78, 5) is 41.9. The van der Waals surface area contributed by atoms with Crippen LogP contribution in [0.1, 0.15) is 44.1 Å². The van der Waals surface area contributed by atoms with Crippen LogP contribution in [-0.4, -0.2) is 48.6 Å². The van der Waals surface area contributed by atoms with Gasteiger partial charge in [0.1, 0.15) is 23.8 Å². The lowest BCUT2D eigenvalue weighted by Gasteiger charge is -2.27. The molecule has 0 spiro atoms. The number of hydrogen-bond donors (Lipinski definition) is 2. The quantitative estimate of drug-likeness (QED) is 0.299. The zero-order valence-corrected chi connectivity index (χ0v) is 23.6. The third-order valence-electron chi connectivity index (χ3n) is 6.44. The molecule has 2 amide bonds. The Bertz CT molecular complexity index is 1810. The summed E-state index contributed by atoms with van der Waals surface area (Å²) in [7, 11) is 0. The van der Waals surface area contributed by atoms with Gasteiger partial charge in [0, 0.05) is 12.0 Å². The summed E-state index contributed by atoms with van der Waals surface area (Å²) in [5.41, 5.74) is -2.45. The predicted molar refractivity (Wildman–Crippen MR) is 142 cm³/mol. The number of aromatic amines is 1. The molecule has 1 unspecified atom stereocenters. The summed E-state index contributed by atoms with van der Waals surface area (Å²) in [5.74, 6) is -9.09. The van der Waals surface area contributed by atoms with E-state index >= 15 is 13.2 Å². The van der Waals surface area contributed by atoms with E-state index in [1.165, 1.54) is 45.0 Å². The Morgan fingerprint density at radius 3 is 2.42 bits per heavy atom. The van der Waals surface area contributed by atoms with Crippen molar-refractivity contribution in [3.05, 3.63) is 76.0 Å². The van der Waals surface area contributed by atoms with Gasteiger partial charge < -0.3 is 19.4 Å². The highest BCUT2D eigenvalue weighted by molar-refractivity contribution is 6.00. The van der Waals surface area contributed by atoms with Crippen molar-refractivity contribution in [2.45, 2.75) is 57.5 Å². The van der Waals surface area contributed by atoms with Crippen LogP contribution >= 0.6 is 0 Å². The fraction of sp³-hybridized carbons (Fsp3) is 0.333. The fourth-order valence-electron chi connectivity index (χ4n) is 4.53. The van der Waals surface area contributed by atoms with Gasteiger partial charge >= 0.3 is 18.0 Å². The molecule has 3 heterocycles. The molecule has 45 heavy (non-hydrogen) atoms. The van der Waals surface area contributed by atoms with Crippen molar-refractivity contribution >= 4 is 17.7 Å². The van der Waals surface area contributed by atoms with E-state index < -0.39 is 88.8 Å². The molecule has 0 saturated carbocycles. The number of benzene rings is 2. The van der Waals surface area contributed by atoms with E-state index in [1.807, 2.05) is 5.10 Å². The van der Waals surface area contributed by atoms with Crippen LogP contribution in [0.3, 0.4) is 0 Å².